The first-order valence-corrected chi connectivity index (χ1v) is 8.61. The van der Waals surface area contributed by atoms with Crippen LogP contribution in [0, 0.1) is 6.92 Å². The van der Waals surface area contributed by atoms with Gasteiger partial charge >= 0.3 is 0 Å². The van der Waals surface area contributed by atoms with Crippen LogP contribution in [0.15, 0.2) is 54.6 Å². The maximum atomic E-state index is 12.8. The van der Waals surface area contributed by atoms with Crippen molar-refractivity contribution in [2.45, 2.75) is 6.92 Å². The van der Waals surface area contributed by atoms with Crippen LogP contribution >= 0.6 is 23.2 Å². The van der Waals surface area contributed by atoms with Gasteiger partial charge in [-0.15, -0.1) is 0 Å². The highest BCUT2D eigenvalue weighted by atomic mass is 35.5. The topological polar surface area (TPSA) is 58.1 Å². The largest absolute Gasteiger partial charge is 0.338 e. The summed E-state index contributed by atoms with van der Waals surface area (Å²) in [5.41, 5.74) is 1.58. The van der Waals surface area contributed by atoms with Gasteiger partial charge in [-0.3, -0.25) is 4.79 Å². The predicted octanol–water partition coefficient (Wildman–Crippen LogP) is 5.11. The van der Waals surface area contributed by atoms with E-state index in [0.717, 1.165) is 5.69 Å². The molecule has 26 heavy (non-hydrogen) atoms. The minimum Gasteiger partial charge on any atom is -0.338 e. The molecule has 0 aliphatic rings. The molecule has 0 saturated heterocycles. The first-order valence-electron chi connectivity index (χ1n) is 7.85. The Balaban J connectivity index is 1.92. The number of benzene rings is 2. The summed E-state index contributed by atoms with van der Waals surface area (Å²) in [7, 11) is 1.70. The van der Waals surface area contributed by atoms with Gasteiger partial charge < -0.3 is 10.2 Å². The molecule has 0 atom stereocenters. The number of carbonyl (C=O) groups excluding carboxylic acids is 1. The Morgan fingerprint density at radius 1 is 1.00 bits per heavy atom. The number of hydrogen-bond donors (Lipinski definition) is 1. The molecule has 0 bridgehead atoms. The number of carbonyl (C=O) groups is 1. The van der Waals surface area contributed by atoms with Crippen LogP contribution in [0.1, 0.15) is 16.3 Å². The number of amides is 1. The van der Waals surface area contributed by atoms with Crippen LogP contribution in [0.2, 0.25) is 10.0 Å². The Morgan fingerprint density at radius 2 is 1.65 bits per heavy atom. The molecule has 3 rings (SSSR count). The first kappa shape index (κ1) is 18.2. The summed E-state index contributed by atoms with van der Waals surface area (Å²) in [4.78, 5) is 22.9. The van der Waals surface area contributed by atoms with Gasteiger partial charge in [-0.05, 0) is 31.2 Å². The van der Waals surface area contributed by atoms with Crippen LogP contribution in [0.3, 0.4) is 0 Å². The number of anilines is 3. The molecule has 1 amide bonds. The molecular formula is C19H16Cl2N4O. The van der Waals surface area contributed by atoms with Crippen molar-refractivity contribution in [1.29, 1.82) is 0 Å². The molecule has 3 aromatic rings. The van der Waals surface area contributed by atoms with Gasteiger partial charge in [0.05, 0.1) is 15.7 Å². The zero-order valence-electron chi connectivity index (χ0n) is 14.2. The second kappa shape index (κ2) is 7.72. The van der Waals surface area contributed by atoms with Crippen molar-refractivity contribution in [3.8, 4) is 0 Å². The lowest BCUT2D eigenvalue weighted by molar-refractivity contribution is 0.0988. The van der Waals surface area contributed by atoms with Crippen molar-refractivity contribution >= 4 is 46.3 Å². The molecule has 1 aromatic heterocycles. The van der Waals surface area contributed by atoms with E-state index in [0.29, 0.717) is 27.4 Å². The Kier molecular flexibility index (Phi) is 5.40. The molecule has 0 saturated carbocycles. The average molecular weight is 387 g/mol. The lowest BCUT2D eigenvalue weighted by Gasteiger charge is -2.17. The summed E-state index contributed by atoms with van der Waals surface area (Å²) < 4.78 is 0. The average Bonchev–Trinajstić information content (AvgIpc) is 2.64. The fourth-order valence-electron chi connectivity index (χ4n) is 2.43. The highest BCUT2D eigenvalue weighted by Gasteiger charge is 2.17. The summed E-state index contributed by atoms with van der Waals surface area (Å²) in [6.45, 7) is 1.72. The smallest absolute Gasteiger partial charge is 0.276 e. The summed E-state index contributed by atoms with van der Waals surface area (Å²) in [6, 6.07) is 16.1. The van der Waals surface area contributed by atoms with Crippen molar-refractivity contribution in [3.05, 3.63) is 76.2 Å². The van der Waals surface area contributed by atoms with Gasteiger partial charge in [-0.2, -0.15) is 0 Å². The molecular weight excluding hydrogens is 371 g/mol. The summed E-state index contributed by atoms with van der Waals surface area (Å²) in [5.74, 6) is 0.662. The van der Waals surface area contributed by atoms with Crippen molar-refractivity contribution in [2.75, 3.05) is 17.3 Å². The Labute approximate surface area is 161 Å². The van der Waals surface area contributed by atoms with E-state index in [2.05, 4.69) is 15.3 Å². The lowest BCUT2D eigenvalue weighted by Crippen LogP contribution is -2.27. The standard InChI is InChI=1S/C19H16Cl2N4O/c1-12-22-16(19(26)25(2)13-7-4-3-5-8-13)11-17(23-12)24-18-14(20)9-6-10-15(18)21/h3-11H,1-2H3,(H,22,23,24). The number of nitrogens with one attached hydrogen (secondary N) is 1. The van der Waals surface area contributed by atoms with Gasteiger partial charge in [0, 0.05) is 18.8 Å². The van der Waals surface area contributed by atoms with E-state index in [9.17, 15) is 4.79 Å². The van der Waals surface area contributed by atoms with Gasteiger partial charge in [0.1, 0.15) is 17.3 Å². The third-order valence-electron chi connectivity index (χ3n) is 3.72. The number of nitrogens with zero attached hydrogens (tertiary/aromatic N) is 3. The van der Waals surface area contributed by atoms with Crippen molar-refractivity contribution in [1.82, 2.24) is 9.97 Å². The van der Waals surface area contributed by atoms with Crippen molar-refractivity contribution in [2.24, 2.45) is 0 Å². The van der Waals surface area contributed by atoms with E-state index in [1.54, 1.807) is 38.2 Å². The quantitative estimate of drug-likeness (QED) is 0.676. The highest BCUT2D eigenvalue weighted by Crippen LogP contribution is 2.32. The molecule has 0 radical (unpaired) electrons. The minimum absolute atomic E-state index is 0.241. The van der Waals surface area contributed by atoms with Gasteiger partial charge in [-0.1, -0.05) is 47.5 Å². The van der Waals surface area contributed by atoms with E-state index >= 15 is 0 Å². The van der Waals surface area contributed by atoms with Gasteiger partial charge in [0.15, 0.2) is 0 Å². The minimum atomic E-state index is -0.241. The van der Waals surface area contributed by atoms with Crippen molar-refractivity contribution < 1.29 is 4.79 Å². The monoisotopic (exact) mass is 386 g/mol. The highest BCUT2D eigenvalue weighted by molar-refractivity contribution is 6.39. The van der Waals surface area contributed by atoms with Crippen LogP contribution in [-0.4, -0.2) is 22.9 Å². The molecule has 0 fully saturated rings. The molecule has 2 aromatic carbocycles. The lowest BCUT2D eigenvalue weighted by atomic mass is 10.2. The SMILES string of the molecule is Cc1nc(Nc2c(Cl)cccc2Cl)cc(C(=O)N(C)c2ccccc2)n1. The number of rotatable bonds is 4. The molecule has 0 aliphatic carbocycles. The molecule has 0 aliphatic heterocycles. The zero-order valence-corrected chi connectivity index (χ0v) is 15.7. The third kappa shape index (κ3) is 3.95. The zero-order chi connectivity index (χ0) is 18.7. The van der Waals surface area contributed by atoms with E-state index in [-0.39, 0.29) is 11.6 Å². The van der Waals surface area contributed by atoms with Crippen LogP contribution in [0.25, 0.3) is 0 Å². The molecule has 132 valence electrons. The van der Waals surface area contributed by atoms with Crippen LogP contribution < -0.4 is 10.2 Å². The summed E-state index contributed by atoms with van der Waals surface area (Å²) >= 11 is 12.4. The maximum Gasteiger partial charge on any atom is 0.276 e. The molecule has 5 nitrogen and oxygen atoms in total. The molecule has 7 heteroatoms. The van der Waals surface area contributed by atoms with Crippen LogP contribution in [0.4, 0.5) is 17.2 Å². The fourth-order valence-corrected chi connectivity index (χ4v) is 2.92. The molecule has 1 N–H and O–H groups in total. The van der Waals surface area contributed by atoms with E-state index < -0.39 is 0 Å². The van der Waals surface area contributed by atoms with Gasteiger partial charge in [0.25, 0.3) is 5.91 Å². The number of aromatic nitrogens is 2. The maximum absolute atomic E-state index is 12.8. The van der Waals surface area contributed by atoms with E-state index in [4.69, 9.17) is 23.2 Å². The predicted molar refractivity (Wildman–Crippen MR) is 106 cm³/mol. The van der Waals surface area contributed by atoms with Crippen LogP contribution in [0.5, 0.6) is 0 Å². The number of halogens is 2. The van der Waals surface area contributed by atoms with Crippen molar-refractivity contribution in [3.63, 3.8) is 0 Å². The second-order valence-electron chi connectivity index (χ2n) is 5.61. The number of para-hydroxylation sites is 2. The van der Waals surface area contributed by atoms with Crippen LogP contribution in [-0.2, 0) is 0 Å². The fraction of sp³-hybridized carbons (Fsp3) is 0.105. The first-order chi connectivity index (χ1) is 12.5. The molecule has 1 heterocycles. The van der Waals surface area contributed by atoms with E-state index in [1.807, 2.05) is 30.3 Å². The number of hydrogen-bond acceptors (Lipinski definition) is 4. The Bertz CT molecular complexity index is 927. The Hall–Kier alpha value is -2.63. The van der Waals surface area contributed by atoms with E-state index in [1.165, 1.54) is 4.90 Å². The molecule has 0 spiro atoms. The second-order valence-corrected chi connectivity index (χ2v) is 6.42. The van der Waals surface area contributed by atoms with Gasteiger partial charge in [0.2, 0.25) is 0 Å². The summed E-state index contributed by atoms with van der Waals surface area (Å²) in [5, 5.41) is 3.99. The Morgan fingerprint density at radius 3 is 2.31 bits per heavy atom. The van der Waals surface area contributed by atoms with Gasteiger partial charge in [-0.25, -0.2) is 9.97 Å². The molecule has 0 unspecified atom stereocenters. The summed E-state index contributed by atoms with van der Waals surface area (Å²) in [6.07, 6.45) is 0. The third-order valence-corrected chi connectivity index (χ3v) is 4.35. The number of aryl methyl sites for hydroxylation is 1. The normalized spacial score (nSPS) is 10.5.